The Labute approximate surface area is 215 Å². The lowest BCUT2D eigenvalue weighted by Crippen LogP contribution is -2.70. The van der Waals surface area contributed by atoms with Crippen molar-refractivity contribution in [3.8, 4) is 0 Å². The minimum absolute atomic E-state index is 0.0199. The molecule has 3 N–H and O–H groups in total. The highest BCUT2D eigenvalue weighted by molar-refractivity contribution is 5.18. The Morgan fingerprint density at radius 1 is 0.829 bits per heavy atom. The first kappa shape index (κ1) is 26.5. The van der Waals surface area contributed by atoms with E-state index in [0.29, 0.717) is 23.7 Å². The Kier molecular flexibility index (Phi) is 6.58. The van der Waals surface area contributed by atoms with Gasteiger partial charge in [-0.25, -0.2) is 0 Å². The van der Waals surface area contributed by atoms with Gasteiger partial charge in [-0.2, -0.15) is 0 Å². The highest BCUT2D eigenvalue weighted by atomic mass is 16.3. The molecule has 3 nitrogen and oxygen atoms in total. The van der Waals surface area contributed by atoms with E-state index in [1.165, 1.54) is 38.5 Å². The molecule has 35 heavy (non-hydrogen) atoms. The van der Waals surface area contributed by atoms with Crippen LogP contribution >= 0.6 is 0 Å². The third kappa shape index (κ3) is 3.67. The molecule has 0 aliphatic heterocycles. The van der Waals surface area contributed by atoms with E-state index in [-0.39, 0.29) is 40.1 Å². The second-order valence-corrected chi connectivity index (χ2v) is 15.8. The molecule has 5 saturated carbocycles. The second-order valence-electron chi connectivity index (χ2n) is 15.8. The molecular weight excluding hydrogens is 432 g/mol. The Morgan fingerprint density at radius 3 is 2.11 bits per heavy atom. The van der Waals surface area contributed by atoms with Crippen molar-refractivity contribution < 1.29 is 15.3 Å². The summed E-state index contributed by atoms with van der Waals surface area (Å²) in [5.74, 6) is 4.85. The molecule has 0 aromatic carbocycles. The predicted octanol–water partition coefficient (Wildman–Crippen LogP) is 6.54. The summed E-state index contributed by atoms with van der Waals surface area (Å²) in [7, 11) is 0. The van der Waals surface area contributed by atoms with Crippen molar-refractivity contribution in [2.75, 3.05) is 0 Å². The molecule has 5 rings (SSSR count). The van der Waals surface area contributed by atoms with Crippen molar-refractivity contribution in [3.05, 3.63) is 0 Å². The summed E-state index contributed by atoms with van der Waals surface area (Å²) in [4.78, 5) is 0. The summed E-state index contributed by atoms with van der Waals surface area (Å²) in [5, 5.41) is 34.9. The molecule has 0 amide bonds. The maximum Gasteiger partial charge on any atom is 0.0656 e. The van der Waals surface area contributed by atoms with E-state index in [4.69, 9.17) is 0 Å². The minimum atomic E-state index is -0.530. The Morgan fingerprint density at radius 2 is 1.51 bits per heavy atom. The lowest BCUT2D eigenvalue weighted by atomic mass is 9.34. The SMILES string of the molecule is CC1CCC(C2CCC(C)C3C(O)C4C(C)C5(C)C(O)C(C(C)O)C(C)CC5(C)CC4(C)CC23)C1. The van der Waals surface area contributed by atoms with Gasteiger partial charge >= 0.3 is 0 Å². The van der Waals surface area contributed by atoms with Crippen LogP contribution in [-0.2, 0) is 0 Å². The largest absolute Gasteiger partial charge is 0.393 e. The van der Waals surface area contributed by atoms with Gasteiger partial charge in [-0.3, -0.25) is 0 Å². The van der Waals surface area contributed by atoms with E-state index >= 15 is 0 Å². The summed E-state index contributed by atoms with van der Waals surface area (Å²) >= 11 is 0. The maximum atomic E-state index is 12.3. The first-order valence-electron chi connectivity index (χ1n) is 15.3. The van der Waals surface area contributed by atoms with Gasteiger partial charge in [0.2, 0.25) is 0 Å². The standard InChI is InChI=1S/C32H56O3/c1-17-9-11-22(13-17)23-12-10-18(2)26-24(23)15-30(6)16-31(7)14-19(3)25(21(5)33)29(35)32(31,8)20(4)27(30)28(26)34/h17-29,33-35H,9-16H2,1-8H3. The van der Waals surface area contributed by atoms with Crippen LogP contribution in [0.3, 0.4) is 0 Å². The lowest BCUT2D eigenvalue weighted by Gasteiger charge is -2.72. The molecule has 0 saturated heterocycles. The quantitative estimate of drug-likeness (QED) is 0.414. The first-order valence-corrected chi connectivity index (χ1v) is 15.3. The number of hydrogen-bond donors (Lipinski definition) is 3. The van der Waals surface area contributed by atoms with Gasteiger partial charge in [0.25, 0.3) is 0 Å². The van der Waals surface area contributed by atoms with Gasteiger partial charge in [-0.15, -0.1) is 0 Å². The van der Waals surface area contributed by atoms with Crippen molar-refractivity contribution in [2.45, 2.75) is 125 Å². The van der Waals surface area contributed by atoms with E-state index in [1.807, 2.05) is 6.92 Å². The predicted molar refractivity (Wildman–Crippen MR) is 143 cm³/mol. The zero-order valence-corrected chi connectivity index (χ0v) is 24.0. The van der Waals surface area contributed by atoms with Crippen molar-refractivity contribution in [1.29, 1.82) is 0 Å². The molecule has 0 radical (unpaired) electrons. The normalized spacial score (nSPS) is 61.5. The summed E-state index contributed by atoms with van der Waals surface area (Å²) < 4.78 is 0. The van der Waals surface area contributed by atoms with E-state index in [0.717, 1.165) is 30.6 Å². The van der Waals surface area contributed by atoms with E-state index in [9.17, 15) is 15.3 Å². The molecule has 0 aromatic rings. The lowest BCUT2D eigenvalue weighted by molar-refractivity contribution is -0.280. The Balaban J connectivity index is 1.53. The monoisotopic (exact) mass is 488 g/mol. The molecule has 16 atom stereocenters. The fraction of sp³-hybridized carbons (Fsp3) is 1.00. The molecule has 5 aliphatic carbocycles. The maximum absolute atomic E-state index is 12.3. The van der Waals surface area contributed by atoms with Crippen LogP contribution in [-0.4, -0.2) is 33.6 Å². The van der Waals surface area contributed by atoms with Crippen LogP contribution in [0.5, 0.6) is 0 Å². The number of aliphatic hydroxyl groups is 3. The van der Waals surface area contributed by atoms with Crippen LogP contribution in [0.2, 0.25) is 0 Å². The minimum Gasteiger partial charge on any atom is -0.393 e. The zero-order chi connectivity index (χ0) is 25.7. The van der Waals surface area contributed by atoms with Gasteiger partial charge in [-0.1, -0.05) is 61.3 Å². The average molecular weight is 489 g/mol. The summed E-state index contributed by atoms with van der Waals surface area (Å²) in [6, 6.07) is 0. The van der Waals surface area contributed by atoms with Gasteiger partial charge in [0.1, 0.15) is 0 Å². The zero-order valence-electron chi connectivity index (χ0n) is 24.0. The van der Waals surface area contributed by atoms with Crippen LogP contribution in [0.15, 0.2) is 0 Å². The van der Waals surface area contributed by atoms with E-state index < -0.39 is 12.2 Å². The highest BCUT2D eigenvalue weighted by Gasteiger charge is 2.70. The smallest absolute Gasteiger partial charge is 0.0656 e. The van der Waals surface area contributed by atoms with Crippen molar-refractivity contribution in [2.24, 2.45) is 75.4 Å². The molecule has 0 bridgehead atoms. The van der Waals surface area contributed by atoms with Crippen LogP contribution in [0.4, 0.5) is 0 Å². The number of fused-ring (bicyclic) bond motifs is 3. The molecule has 5 aliphatic rings. The van der Waals surface area contributed by atoms with Gasteiger partial charge in [0, 0.05) is 11.3 Å². The van der Waals surface area contributed by atoms with E-state index in [1.54, 1.807) is 0 Å². The van der Waals surface area contributed by atoms with E-state index in [2.05, 4.69) is 48.5 Å². The summed E-state index contributed by atoms with van der Waals surface area (Å²) in [6.07, 6.45) is 8.94. The molecule has 5 fully saturated rings. The van der Waals surface area contributed by atoms with Crippen molar-refractivity contribution >= 4 is 0 Å². The fourth-order valence-corrected chi connectivity index (χ4v) is 12.3. The third-order valence-electron chi connectivity index (χ3n) is 13.8. The molecular formula is C32H56O3. The molecule has 0 spiro atoms. The van der Waals surface area contributed by atoms with Crippen molar-refractivity contribution in [1.82, 2.24) is 0 Å². The third-order valence-corrected chi connectivity index (χ3v) is 13.8. The van der Waals surface area contributed by atoms with Gasteiger partial charge in [-0.05, 0) is 110 Å². The Bertz CT molecular complexity index is 796. The highest BCUT2D eigenvalue weighted by Crippen LogP contribution is 2.73. The molecule has 0 heterocycles. The summed E-state index contributed by atoms with van der Waals surface area (Å²) in [6.45, 7) is 18.6. The average Bonchev–Trinajstić information content (AvgIpc) is 3.16. The summed E-state index contributed by atoms with van der Waals surface area (Å²) in [5.41, 5.74) is -0.158. The Hall–Kier alpha value is -0.120. The van der Waals surface area contributed by atoms with Gasteiger partial charge < -0.3 is 15.3 Å². The van der Waals surface area contributed by atoms with Crippen LogP contribution in [0.25, 0.3) is 0 Å². The molecule has 0 aromatic heterocycles. The fourth-order valence-electron chi connectivity index (χ4n) is 12.3. The van der Waals surface area contributed by atoms with Crippen LogP contribution in [0.1, 0.15) is 107 Å². The number of rotatable bonds is 2. The van der Waals surface area contributed by atoms with Crippen LogP contribution in [0, 0.1) is 75.4 Å². The van der Waals surface area contributed by atoms with Crippen molar-refractivity contribution in [3.63, 3.8) is 0 Å². The molecule has 3 heteroatoms. The number of hydrogen-bond acceptors (Lipinski definition) is 3. The molecule has 16 unspecified atom stereocenters. The topological polar surface area (TPSA) is 60.7 Å². The molecule has 202 valence electrons. The van der Waals surface area contributed by atoms with Gasteiger partial charge in [0.15, 0.2) is 0 Å². The number of aliphatic hydroxyl groups excluding tert-OH is 3. The second kappa shape index (κ2) is 8.70. The van der Waals surface area contributed by atoms with Gasteiger partial charge in [0.05, 0.1) is 18.3 Å². The first-order chi connectivity index (χ1) is 16.2. The van der Waals surface area contributed by atoms with Crippen LogP contribution < -0.4 is 0 Å².